The van der Waals surface area contributed by atoms with Crippen molar-refractivity contribution in [1.82, 2.24) is 4.90 Å². The summed E-state index contributed by atoms with van der Waals surface area (Å²) in [5.74, 6) is -1.44. The summed E-state index contributed by atoms with van der Waals surface area (Å²) in [5.41, 5.74) is 0. The normalized spacial score (nSPS) is 13.0. The third kappa shape index (κ3) is 7.68. The van der Waals surface area contributed by atoms with Crippen LogP contribution in [-0.2, 0) is 25.5 Å². The number of hydrogen-bond donors (Lipinski definition) is 0. The van der Waals surface area contributed by atoms with Gasteiger partial charge in [-0.3, -0.25) is 4.84 Å². The van der Waals surface area contributed by atoms with E-state index in [0.29, 0.717) is 6.54 Å². The van der Waals surface area contributed by atoms with E-state index < -0.39 is 35.5 Å². The Morgan fingerprint density at radius 2 is 2.00 bits per heavy atom. The Kier molecular flexibility index (Phi) is 8.83. The molecule has 0 aliphatic carbocycles. The number of carbonyl (C=O) groups excluding carboxylic acids is 2. The lowest BCUT2D eigenvalue weighted by atomic mass is 10.1. The predicted octanol–water partition coefficient (Wildman–Crippen LogP) is 2.87. The Morgan fingerprint density at radius 1 is 1.31 bits per heavy atom. The smallest absolute Gasteiger partial charge is 0.412 e. The molecule has 0 bridgehead atoms. The van der Waals surface area contributed by atoms with Crippen molar-refractivity contribution < 1.29 is 29.0 Å². The zero-order chi connectivity index (χ0) is 19.7. The van der Waals surface area contributed by atoms with E-state index in [-0.39, 0.29) is 0 Å². The Labute approximate surface area is 155 Å². The molecular formula is C16H24N2O7S. The molecule has 0 aromatic carbocycles. The molecule has 2 atom stereocenters. The topological polar surface area (TPSA) is 108 Å². The Balaban J connectivity index is 2.39. The van der Waals surface area contributed by atoms with E-state index in [2.05, 4.69) is 4.84 Å². The first-order chi connectivity index (χ1) is 12.2. The van der Waals surface area contributed by atoms with E-state index in [1.807, 2.05) is 17.5 Å². The van der Waals surface area contributed by atoms with Gasteiger partial charge in [0.2, 0.25) is 12.4 Å². The van der Waals surface area contributed by atoms with Crippen molar-refractivity contribution in [2.24, 2.45) is 5.92 Å². The van der Waals surface area contributed by atoms with Gasteiger partial charge in [0, 0.05) is 25.4 Å². The van der Waals surface area contributed by atoms with Gasteiger partial charge >= 0.3 is 12.1 Å². The van der Waals surface area contributed by atoms with Crippen molar-refractivity contribution in [3.05, 3.63) is 32.5 Å². The molecule has 0 aliphatic rings. The fraction of sp³-hybridized carbons (Fsp3) is 0.625. The van der Waals surface area contributed by atoms with E-state index in [1.165, 1.54) is 16.7 Å². The minimum Gasteiger partial charge on any atom is -0.424 e. The second-order valence-electron chi connectivity index (χ2n) is 5.99. The lowest BCUT2D eigenvalue weighted by Crippen LogP contribution is -2.38. The number of nitrogens with zero attached hydrogens (tertiary/aromatic N) is 2. The van der Waals surface area contributed by atoms with Crippen LogP contribution in [0.5, 0.6) is 0 Å². The second kappa shape index (κ2) is 10.6. The lowest BCUT2D eigenvalue weighted by molar-refractivity contribution is -0.766. The number of hydrogen-bond acceptors (Lipinski definition) is 8. The monoisotopic (exact) mass is 388 g/mol. The molecule has 146 valence electrons. The summed E-state index contributed by atoms with van der Waals surface area (Å²) >= 11 is 1.66. The molecule has 1 aromatic rings. The summed E-state index contributed by atoms with van der Waals surface area (Å²) < 4.78 is 9.95. The quantitative estimate of drug-likeness (QED) is 0.262. The van der Waals surface area contributed by atoms with Gasteiger partial charge in [-0.1, -0.05) is 19.9 Å². The van der Waals surface area contributed by atoms with E-state index >= 15 is 0 Å². The van der Waals surface area contributed by atoms with Crippen LogP contribution in [0.25, 0.3) is 0 Å². The van der Waals surface area contributed by atoms with E-state index in [4.69, 9.17) is 9.47 Å². The maximum absolute atomic E-state index is 12.0. The molecule has 0 radical (unpaired) electrons. The average Bonchev–Trinajstić information content (AvgIpc) is 3.04. The molecule has 1 unspecified atom stereocenters. The van der Waals surface area contributed by atoms with Crippen LogP contribution in [-0.4, -0.2) is 48.0 Å². The van der Waals surface area contributed by atoms with E-state index in [0.717, 1.165) is 12.8 Å². The molecule has 1 aromatic heterocycles. The summed E-state index contributed by atoms with van der Waals surface area (Å²) in [4.78, 5) is 41.3. The van der Waals surface area contributed by atoms with Gasteiger partial charge in [-0.25, -0.2) is 9.59 Å². The fourth-order valence-electron chi connectivity index (χ4n) is 2.05. The third-order valence-electron chi connectivity index (χ3n) is 3.39. The molecule has 1 rings (SSSR count). The number of amides is 1. The number of ether oxygens (including phenoxy) is 2. The van der Waals surface area contributed by atoms with Crippen LogP contribution < -0.4 is 0 Å². The fourth-order valence-corrected chi connectivity index (χ4v) is 2.80. The Bertz CT molecular complexity index is 591. The molecule has 0 aliphatic heterocycles. The SMILES string of the molecule is CC(OC(=O)[C@H](O[N+](=O)[O-])C(C)C)OC(=O)N(C)CCCc1cccs1. The van der Waals surface area contributed by atoms with Crippen molar-refractivity contribution in [1.29, 1.82) is 0 Å². The van der Waals surface area contributed by atoms with Crippen molar-refractivity contribution in [2.75, 3.05) is 13.6 Å². The van der Waals surface area contributed by atoms with Gasteiger partial charge < -0.3 is 14.4 Å². The molecule has 10 heteroatoms. The van der Waals surface area contributed by atoms with Gasteiger partial charge in [-0.15, -0.1) is 21.5 Å². The first-order valence-electron chi connectivity index (χ1n) is 8.16. The minimum absolute atomic E-state index is 0.476. The Hall–Kier alpha value is -2.36. The van der Waals surface area contributed by atoms with Gasteiger partial charge in [0.05, 0.1) is 0 Å². The van der Waals surface area contributed by atoms with E-state index in [9.17, 15) is 19.7 Å². The van der Waals surface area contributed by atoms with Crippen LogP contribution in [0.1, 0.15) is 32.1 Å². The van der Waals surface area contributed by atoms with Crippen LogP contribution >= 0.6 is 11.3 Å². The summed E-state index contributed by atoms with van der Waals surface area (Å²) in [5, 5.41) is 11.4. The highest BCUT2D eigenvalue weighted by Gasteiger charge is 2.30. The van der Waals surface area contributed by atoms with E-state index in [1.54, 1.807) is 32.2 Å². The lowest BCUT2D eigenvalue weighted by Gasteiger charge is -2.22. The molecule has 26 heavy (non-hydrogen) atoms. The molecule has 9 nitrogen and oxygen atoms in total. The third-order valence-corrected chi connectivity index (χ3v) is 4.33. The summed E-state index contributed by atoms with van der Waals surface area (Å²) in [6.45, 7) is 5.00. The van der Waals surface area contributed by atoms with Crippen LogP contribution in [0.15, 0.2) is 17.5 Å². The number of carbonyl (C=O) groups is 2. The highest BCUT2D eigenvalue weighted by atomic mass is 32.1. The molecule has 0 saturated carbocycles. The predicted molar refractivity (Wildman–Crippen MR) is 94.0 cm³/mol. The number of rotatable bonds is 10. The molecular weight excluding hydrogens is 364 g/mol. The summed E-state index contributed by atoms with van der Waals surface area (Å²) in [6.07, 6.45) is -1.59. The zero-order valence-electron chi connectivity index (χ0n) is 15.2. The van der Waals surface area contributed by atoms with Gasteiger partial charge in [-0.05, 0) is 30.2 Å². The number of thiophene rings is 1. The first-order valence-corrected chi connectivity index (χ1v) is 9.04. The van der Waals surface area contributed by atoms with Crippen LogP contribution in [0.3, 0.4) is 0 Å². The van der Waals surface area contributed by atoms with Gasteiger partial charge in [0.15, 0.2) is 0 Å². The number of esters is 1. The highest BCUT2D eigenvalue weighted by molar-refractivity contribution is 7.09. The van der Waals surface area contributed by atoms with Crippen molar-refractivity contribution in [3.63, 3.8) is 0 Å². The Morgan fingerprint density at radius 3 is 2.54 bits per heavy atom. The van der Waals surface area contributed by atoms with Gasteiger partial charge in [0.1, 0.15) is 0 Å². The maximum Gasteiger partial charge on any atom is 0.412 e. The minimum atomic E-state index is -1.38. The summed E-state index contributed by atoms with van der Waals surface area (Å²) in [6, 6.07) is 4.00. The van der Waals surface area contributed by atoms with Crippen LogP contribution in [0.2, 0.25) is 0 Å². The van der Waals surface area contributed by atoms with Crippen LogP contribution in [0, 0.1) is 16.0 Å². The van der Waals surface area contributed by atoms with Gasteiger partial charge in [-0.2, -0.15) is 0 Å². The largest absolute Gasteiger partial charge is 0.424 e. The molecule has 0 fully saturated rings. The van der Waals surface area contributed by atoms with Crippen molar-refractivity contribution in [3.8, 4) is 0 Å². The molecule has 1 amide bonds. The zero-order valence-corrected chi connectivity index (χ0v) is 16.1. The van der Waals surface area contributed by atoms with Crippen molar-refractivity contribution >= 4 is 23.4 Å². The standard InChI is InChI=1S/C16H24N2O7S/c1-11(2)14(25-18(21)22)15(19)23-12(3)24-16(20)17(4)9-5-7-13-8-6-10-26-13/h6,8,10-12,14H,5,7,9H2,1-4H3/t12?,14-/m1/s1. The molecule has 0 N–H and O–H groups in total. The summed E-state index contributed by atoms with van der Waals surface area (Å²) in [7, 11) is 1.58. The van der Waals surface area contributed by atoms with Crippen molar-refractivity contribution in [2.45, 2.75) is 46.0 Å². The average molecular weight is 388 g/mol. The first kappa shape index (κ1) is 21.7. The second-order valence-corrected chi connectivity index (χ2v) is 7.02. The highest BCUT2D eigenvalue weighted by Crippen LogP contribution is 2.13. The molecule has 1 heterocycles. The van der Waals surface area contributed by atoms with Crippen LogP contribution in [0.4, 0.5) is 4.79 Å². The van der Waals surface area contributed by atoms with Gasteiger partial charge in [0.25, 0.3) is 5.09 Å². The maximum atomic E-state index is 12.0. The number of aryl methyl sites for hydroxylation is 1. The molecule has 0 spiro atoms. The molecule has 0 saturated heterocycles.